The van der Waals surface area contributed by atoms with Crippen molar-refractivity contribution in [3.05, 3.63) is 35.2 Å². The Labute approximate surface area is 129 Å². The molecule has 0 fully saturated rings. The predicted molar refractivity (Wildman–Crippen MR) is 81.7 cm³/mol. The molecule has 1 aromatic carbocycles. The standard InChI is InChI=1S/C10H7N3S.C4H6O4/c1-2-4-8-7(3-1)12-10(13-8)9-5-14-6-11-9;5-3(6)1-2-4(7)8/h1-6H,(H,12,13);1-2H2,(H,5,6)(H,7,8). The summed E-state index contributed by atoms with van der Waals surface area (Å²) in [5.74, 6) is -1.31. The number of fused-ring (bicyclic) bond motifs is 1. The highest BCUT2D eigenvalue weighted by molar-refractivity contribution is 7.07. The average molecular weight is 319 g/mol. The van der Waals surface area contributed by atoms with Crippen molar-refractivity contribution in [2.75, 3.05) is 0 Å². The van der Waals surface area contributed by atoms with Crippen LogP contribution in [0.15, 0.2) is 35.2 Å². The number of aromatic nitrogens is 3. The summed E-state index contributed by atoms with van der Waals surface area (Å²) in [4.78, 5) is 31.2. The molecule has 3 aromatic rings. The molecule has 0 aliphatic heterocycles. The van der Waals surface area contributed by atoms with Gasteiger partial charge < -0.3 is 15.2 Å². The Bertz CT molecular complexity index is 720. The Hall–Kier alpha value is -2.74. The molecule has 114 valence electrons. The van der Waals surface area contributed by atoms with Crippen molar-refractivity contribution in [1.82, 2.24) is 15.0 Å². The number of para-hydroxylation sites is 2. The van der Waals surface area contributed by atoms with Crippen LogP contribution in [0.3, 0.4) is 0 Å². The number of thiazole rings is 1. The van der Waals surface area contributed by atoms with Gasteiger partial charge in [0, 0.05) is 5.38 Å². The van der Waals surface area contributed by atoms with Gasteiger partial charge in [0.2, 0.25) is 0 Å². The summed E-state index contributed by atoms with van der Waals surface area (Å²) in [5, 5.41) is 17.8. The van der Waals surface area contributed by atoms with E-state index in [9.17, 15) is 9.59 Å². The van der Waals surface area contributed by atoms with Gasteiger partial charge in [-0.2, -0.15) is 0 Å². The molecule has 0 aliphatic carbocycles. The maximum absolute atomic E-state index is 9.64. The Balaban J connectivity index is 0.000000192. The molecule has 0 atom stereocenters. The first-order valence-corrected chi connectivity index (χ1v) is 7.27. The van der Waals surface area contributed by atoms with Gasteiger partial charge in [-0.25, -0.2) is 9.97 Å². The number of carbonyl (C=O) groups is 2. The molecule has 0 unspecified atom stereocenters. The molecule has 8 heteroatoms. The van der Waals surface area contributed by atoms with Crippen LogP contribution in [0.25, 0.3) is 22.6 Å². The molecule has 0 spiro atoms. The van der Waals surface area contributed by atoms with Gasteiger partial charge in [0.05, 0.1) is 29.4 Å². The van der Waals surface area contributed by atoms with E-state index in [2.05, 4.69) is 15.0 Å². The highest BCUT2D eigenvalue weighted by Crippen LogP contribution is 2.19. The van der Waals surface area contributed by atoms with Crippen LogP contribution in [0.1, 0.15) is 12.8 Å². The number of carboxylic acid groups (broad SMARTS) is 2. The van der Waals surface area contributed by atoms with Gasteiger partial charge in [0.15, 0.2) is 5.82 Å². The number of nitrogens with zero attached hydrogens (tertiary/aromatic N) is 2. The van der Waals surface area contributed by atoms with Crippen molar-refractivity contribution in [1.29, 1.82) is 0 Å². The fourth-order valence-corrected chi connectivity index (χ4v) is 2.15. The van der Waals surface area contributed by atoms with E-state index in [0.29, 0.717) is 0 Å². The zero-order chi connectivity index (χ0) is 15.9. The number of benzene rings is 1. The predicted octanol–water partition coefficient (Wildman–Crippen LogP) is 2.62. The van der Waals surface area contributed by atoms with Crippen molar-refractivity contribution >= 4 is 34.3 Å². The van der Waals surface area contributed by atoms with Gasteiger partial charge in [-0.05, 0) is 12.1 Å². The number of carboxylic acids is 2. The first-order chi connectivity index (χ1) is 10.6. The van der Waals surface area contributed by atoms with E-state index in [-0.39, 0.29) is 12.8 Å². The molecule has 0 radical (unpaired) electrons. The number of hydrogen-bond donors (Lipinski definition) is 3. The van der Waals surface area contributed by atoms with Crippen molar-refractivity contribution in [3.8, 4) is 11.5 Å². The van der Waals surface area contributed by atoms with Crippen molar-refractivity contribution < 1.29 is 19.8 Å². The Morgan fingerprint density at radius 3 is 2.36 bits per heavy atom. The number of rotatable bonds is 4. The topological polar surface area (TPSA) is 116 Å². The fraction of sp³-hybridized carbons (Fsp3) is 0.143. The van der Waals surface area contributed by atoms with Crippen LogP contribution < -0.4 is 0 Å². The minimum Gasteiger partial charge on any atom is -0.481 e. The van der Waals surface area contributed by atoms with E-state index >= 15 is 0 Å². The number of imidazole rings is 1. The summed E-state index contributed by atoms with van der Waals surface area (Å²) in [6.45, 7) is 0. The van der Waals surface area contributed by atoms with Crippen molar-refractivity contribution in [2.45, 2.75) is 12.8 Å². The Kier molecular flexibility index (Phi) is 5.21. The maximum Gasteiger partial charge on any atom is 0.303 e. The van der Waals surface area contributed by atoms with E-state index in [4.69, 9.17) is 10.2 Å². The largest absolute Gasteiger partial charge is 0.481 e. The number of H-pyrrole nitrogens is 1. The molecule has 0 saturated heterocycles. The smallest absolute Gasteiger partial charge is 0.303 e. The van der Waals surface area contributed by atoms with Crippen LogP contribution in [-0.2, 0) is 9.59 Å². The number of aromatic amines is 1. The van der Waals surface area contributed by atoms with Crippen LogP contribution in [0, 0.1) is 0 Å². The first kappa shape index (κ1) is 15.6. The molecule has 0 aliphatic rings. The summed E-state index contributed by atoms with van der Waals surface area (Å²) in [6, 6.07) is 7.97. The van der Waals surface area contributed by atoms with Crippen LogP contribution in [0.4, 0.5) is 0 Å². The van der Waals surface area contributed by atoms with Crippen LogP contribution in [-0.4, -0.2) is 37.1 Å². The Morgan fingerprint density at radius 1 is 1.14 bits per heavy atom. The van der Waals surface area contributed by atoms with Crippen molar-refractivity contribution in [2.24, 2.45) is 0 Å². The highest BCUT2D eigenvalue weighted by Gasteiger charge is 2.05. The first-order valence-electron chi connectivity index (χ1n) is 6.33. The highest BCUT2D eigenvalue weighted by atomic mass is 32.1. The summed E-state index contributed by atoms with van der Waals surface area (Å²) >= 11 is 1.57. The summed E-state index contributed by atoms with van der Waals surface area (Å²) < 4.78 is 0. The molecular formula is C14H13N3O4S. The van der Waals surface area contributed by atoms with E-state index < -0.39 is 11.9 Å². The molecule has 0 saturated carbocycles. The monoisotopic (exact) mass is 319 g/mol. The molecule has 2 heterocycles. The van der Waals surface area contributed by atoms with Crippen molar-refractivity contribution in [3.63, 3.8) is 0 Å². The molecule has 22 heavy (non-hydrogen) atoms. The minimum atomic E-state index is -1.08. The third kappa shape index (κ3) is 4.38. The number of nitrogens with one attached hydrogen (secondary N) is 1. The van der Waals surface area contributed by atoms with Gasteiger partial charge in [-0.3, -0.25) is 9.59 Å². The second-order valence-electron chi connectivity index (χ2n) is 4.26. The SMILES string of the molecule is O=C(O)CCC(=O)O.c1ccc2[nH]c(-c3cscn3)nc2c1. The van der Waals surface area contributed by atoms with E-state index in [1.54, 1.807) is 11.3 Å². The zero-order valence-corrected chi connectivity index (χ0v) is 12.2. The van der Waals surface area contributed by atoms with E-state index in [1.807, 2.05) is 35.2 Å². The normalized spacial score (nSPS) is 10.0. The van der Waals surface area contributed by atoms with Gasteiger partial charge >= 0.3 is 11.9 Å². The third-order valence-electron chi connectivity index (χ3n) is 2.62. The van der Waals surface area contributed by atoms with Gasteiger partial charge in [-0.1, -0.05) is 12.1 Å². The molecule has 2 aromatic heterocycles. The minimum absolute atomic E-state index is 0.296. The lowest BCUT2D eigenvalue weighted by molar-refractivity contribution is -0.143. The van der Waals surface area contributed by atoms with Gasteiger partial charge in [-0.15, -0.1) is 11.3 Å². The second kappa shape index (κ2) is 7.32. The lowest BCUT2D eigenvalue weighted by Crippen LogP contribution is -2.00. The second-order valence-corrected chi connectivity index (χ2v) is 4.98. The van der Waals surface area contributed by atoms with Gasteiger partial charge in [0.1, 0.15) is 5.69 Å². The molecule has 0 bridgehead atoms. The number of hydrogen-bond acceptors (Lipinski definition) is 5. The molecule has 3 N–H and O–H groups in total. The van der Waals surface area contributed by atoms with Gasteiger partial charge in [0.25, 0.3) is 0 Å². The quantitative estimate of drug-likeness (QED) is 0.680. The lowest BCUT2D eigenvalue weighted by Gasteiger charge is -1.85. The zero-order valence-electron chi connectivity index (χ0n) is 11.4. The van der Waals surface area contributed by atoms with E-state index in [0.717, 1.165) is 22.6 Å². The molecule has 3 rings (SSSR count). The van der Waals surface area contributed by atoms with Crippen LogP contribution >= 0.6 is 11.3 Å². The van der Waals surface area contributed by atoms with Crippen LogP contribution in [0.2, 0.25) is 0 Å². The molecular weight excluding hydrogens is 306 g/mol. The lowest BCUT2D eigenvalue weighted by atomic mass is 10.3. The molecule has 0 amide bonds. The maximum atomic E-state index is 9.64. The summed E-state index contributed by atoms with van der Waals surface area (Å²) in [7, 11) is 0. The van der Waals surface area contributed by atoms with Crippen LogP contribution in [0.5, 0.6) is 0 Å². The van der Waals surface area contributed by atoms with E-state index in [1.165, 1.54) is 0 Å². The number of aliphatic carboxylic acids is 2. The third-order valence-corrected chi connectivity index (χ3v) is 3.20. The average Bonchev–Trinajstić information content (AvgIpc) is 3.14. The summed E-state index contributed by atoms with van der Waals surface area (Å²) in [6.07, 6.45) is -0.593. The molecule has 7 nitrogen and oxygen atoms in total. The Morgan fingerprint density at radius 2 is 1.82 bits per heavy atom. The fourth-order valence-electron chi connectivity index (χ4n) is 1.62. The summed E-state index contributed by atoms with van der Waals surface area (Å²) in [5.41, 5.74) is 4.75.